The maximum absolute atomic E-state index is 11.7. The lowest BCUT2D eigenvalue weighted by Crippen LogP contribution is -2.43. The van der Waals surface area contributed by atoms with E-state index in [1.54, 1.807) is 0 Å². The molecular formula is C15H23N3O. The van der Waals surface area contributed by atoms with Gasteiger partial charge in [-0.05, 0) is 31.4 Å². The summed E-state index contributed by atoms with van der Waals surface area (Å²) in [6.07, 6.45) is 0.973. The lowest BCUT2D eigenvalue weighted by atomic mass is 9.95. The van der Waals surface area contributed by atoms with Crippen LogP contribution in [0.4, 0.5) is 0 Å². The first-order valence-electron chi connectivity index (χ1n) is 6.91. The van der Waals surface area contributed by atoms with Crippen LogP contribution in [0.3, 0.4) is 0 Å². The Morgan fingerprint density at radius 1 is 1.37 bits per heavy atom. The van der Waals surface area contributed by atoms with Crippen LogP contribution in [0.5, 0.6) is 0 Å². The van der Waals surface area contributed by atoms with Crippen molar-refractivity contribution in [3.8, 4) is 0 Å². The zero-order chi connectivity index (χ0) is 13.8. The Morgan fingerprint density at radius 2 is 2.11 bits per heavy atom. The molecule has 19 heavy (non-hydrogen) atoms. The number of benzene rings is 1. The number of nitrogens with two attached hydrogens (primary N) is 1. The summed E-state index contributed by atoms with van der Waals surface area (Å²) in [6.45, 7) is 6.21. The highest BCUT2D eigenvalue weighted by molar-refractivity contribution is 5.78. The zero-order valence-electron chi connectivity index (χ0n) is 11.7. The standard InChI is InChI=1S/C15H23N3O/c1-11-6-3-4-7-13(11)15(12(2)16)18-9-5-8-17-14(19)10-18/h3-4,6-7,12,15H,5,8-10,16H2,1-2H3,(H,17,19). The highest BCUT2D eigenvalue weighted by Crippen LogP contribution is 2.26. The number of nitrogens with one attached hydrogen (secondary N) is 1. The number of hydrogen-bond donors (Lipinski definition) is 2. The molecule has 4 heteroatoms. The Hall–Kier alpha value is -1.39. The second-order valence-corrected chi connectivity index (χ2v) is 5.33. The van der Waals surface area contributed by atoms with E-state index in [-0.39, 0.29) is 18.0 Å². The van der Waals surface area contributed by atoms with Crippen molar-refractivity contribution in [1.29, 1.82) is 0 Å². The molecule has 2 atom stereocenters. The second-order valence-electron chi connectivity index (χ2n) is 5.33. The molecule has 3 N–H and O–H groups in total. The molecule has 4 nitrogen and oxygen atoms in total. The molecule has 0 aliphatic carbocycles. The number of rotatable bonds is 3. The molecule has 1 aromatic rings. The molecule has 0 bridgehead atoms. The van der Waals surface area contributed by atoms with Gasteiger partial charge in [0.15, 0.2) is 0 Å². The van der Waals surface area contributed by atoms with Gasteiger partial charge in [0.2, 0.25) is 5.91 Å². The van der Waals surface area contributed by atoms with Crippen LogP contribution in [-0.2, 0) is 4.79 Å². The molecule has 1 aliphatic rings. The molecule has 1 aromatic carbocycles. The Labute approximate surface area is 115 Å². The molecule has 2 unspecified atom stereocenters. The molecule has 2 rings (SSSR count). The average molecular weight is 261 g/mol. The van der Waals surface area contributed by atoms with Gasteiger partial charge >= 0.3 is 0 Å². The zero-order valence-corrected chi connectivity index (χ0v) is 11.7. The highest BCUT2D eigenvalue weighted by atomic mass is 16.2. The van der Waals surface area contributed by atoms with Crippen molar-refractivity contribution in [3.05, 3.63) is 35.4 Å². The number of hydrogen-bond acceptors (Lipinski definition) is 3. The van der Waals surface area contributed by atoms with Gasteiger partial charge in [-0.2, -0.15) is 0 Å². The number of carbonyl (C=O) groups excluding carboxylic acids is 1. The minimum Gasteiger partial charge on any atom is -0.355 e. The van der Waals surface area contributed by atoms with E-state index in [1.807, 2.05) is 19.1 Å². The number of amides is 1. The topological polar surface area (TPSA) is 58.4 Å². The fraction of sp³-hybridized carbons (Fsp3) is 0.533. The van der Waals surface area contributed by atoms with E-state index in [0.717, 1.165) is 19.5 Å². The minimum atomic E-state index is -0.00741. The summed E-state index contributed by atoms with van der Waals surface area (Å²) in [5.74, 6) is 0.0942. The van der Waals surface area contributed by atoms with Gasteiger partial charge in [0, 0.05) is 19.1 Å². The van der Waals surface area contributed by atoms with Gasteiger partial charge in [-0.25, -0.2) is 0 Å². The average Bonchev–Trinajstić information content (AvgIpc) is 2.56. The lowest BCUT2D eigenvalue weighted by Gasteiger charge is -2.33. The predicted molar refractivity (Wildman–Crippen MR) is 76.8 cm³/mol. The molecule has 1 fully saturated rings. The van der Waals surface area contributed by atoms with E-state index >= 15 is 0 Å². The van der Waals surface area contributed by atoms with E-state index in [2.05, 4.69) is 29.3 Å². The van der Waals surface area contributed by atoms with Gasteiger partial charge in [0.1, 0.15) is 0 Å². The van der Waals surface area contributed by atoms with Crippen molar-refractivity contribution < 1.29 is 4.79 Å². The molecule has 0 saturated carbocycles. The number of nitrogens with zero attached hydrogens (tertiary/aromatic N) is 1. The fourth-order valence-corrected chi connectivity index (χ4v) is 2.80. The third kappa shape index (κ3) is 3.33. The monoisotopic (exact) mass is 261 g/mol. The molecule has 1 amide bonds. The third-order valence-electron chi connectivity index (χ3n) is 3.69. The quantitative estimate of drug-likeness (QED) is 0.859. The van der Waals surface area contributed by atoms with Crippen molar-refractivity contribution in [3.63, 3.8) is 0 Å². The summed E-state index contributed by atoms with van der Waals surface area (Å²) in [5, 5.41) is 2.91. The number of carbonyl (C=O) groups is 1. The number of aryl methyl sites for hydroxylation is 1. The Bertz CT molecular complexity index is 445. The maximum Gasteiger partial charge on any atom is 0.234 e. The fourth-order valence-electron chi connectivity index (χ4n) is 2.80. The van der Waals surface area contributed by atoms with Crippen molar-refractivity contribution in [2.24, 2.45) is 5.73 Å². The minimum absolute atomic E-state index is 0.00741. The largest absolute Gasteiger partial charge is 0.355 e. The second kappa shape index (κ2) is 6.17. The smallest absolute Gasteiger partial charge is 0.234 e. The van der Waals surface area contributed by atoms with Gasteiger partial charge < -0.3 is 11.1 Å². The van der Waals surface area contributed by atoms with Crippen LogP contribution in [0.25, 0.3) is 0 Å². The van der Waals surface area contributed by atoms with Crippen LogP contribution in [0.2, 0.25) is 0 Å². The first-order chi connectivity index (χ1) is 9.09. The predicted octanol–water partition coefficient (Wildman–Crippen LogP) is 1.21. The van der Waals surface area contributed by atoms with Crippen LogP contribution in [0, 0.1) is 6.92 Å². The first-order valence-corrected chi connectivity index (χ1v) is 6.91. The van der Waals surface area contributed by atoms with Crippen molar-refractivity contribution in [1.82, 2.24) is 10.2 Å². The summed E-state index contributed by atoms with van der Waals surface area (Å²) in [7, 11) is 0. The SMILES string of the molecule is Cc1ccccc1C(C(C)N)N1CCCNC(=O)C1. The van der Waals surface area contributed by atoms with Gasteiger partial charge in [-0.15, -0.1) is 0 Å². The molecule has 1 heterocycles. The first kappa shape index (κ1) is 14.0. The molecule has 104 valence electrons. The molecular weight excluding hydrogens is 238 g/mol. The van der Waals surface area contributed by atoms with E-state index in [0.29, 0.717) is 6.54 Å². The summed E-state index contributed by atoms with van der Waals surface area (Å²) >= 11 is 0. The van der Waals surface area contributed by atoms with E-state index in [9.17, 15) is 4.79 Å². The van der Waals surface area contributed by atoms with Crippen molar-refractivity contribution in [2.75, 3.05) is 19.6 Å². The summed E-state index contributed by atoms with van der Waals surface area (Å²) in [6, 6.07) is 8.38. The Morgan fingerprint density at radius 3 is 2.79 bits per heavy atom. The molecule has 0 spiro atoms. The molecule has 0 radical (unpaired) electrons. The van der Waals surface area contributed by atoms with Crippen molar-refractivity contribution >= 4 is 5.91 Å². The van der Waals surface area contributed by atoms with E-state index in [4.69, 9.17) is 5.73 Å². The summed E-state index contributed by atoms with van der Waals surface area (Å²) in [4.78, 5) is 13.9. The Balaban J connectivity index is 2.29. The van der Waals surface area contributed by atoms with Gasteiger partial charge in [-0.1, -0.05) is 24.3 Å². The van der Waals surface area contributed by atoms with Gasteiger partial charge in [-0.3, -0.25) is 9.69 Å². The van der Waals surface area contributed by atoms with Crippen LogP contribution < -0.4 is 11.1 Å². The van der Waals surface area contributed by atoms with Gasteiger partial charge in [0.25, 0.3) is 0 Å². The van der Waals surface area contributed by atoms with Crippen molar-refractivity contribution in [2.45, 2.75) is 32.4 Å². The normalized spacial score (nSPS) is 20.5. The molecule has 0 aromatic heterocycles. The van der Waals surface area contributed by atoms with E-state index in [1.165, 1.54) is 11.1 Å². The molecule has 1 saturated heterocycles. The van der Waals surface area contributed by atoms with Crippen LogP contribution in [0.1, 0.15) is 30.5 Å². The lowest BCUT2D eigenvalue weighted by molar-refractivity contribution is -0.122. The third-order valence-corrected chi connectivity index (χ3v) is 3.69. The van der Waals surface area contributed by atoms with Crippen LogP contribution >= 0.6 is 0 Å². The summed E-state index contributed by atoms with van der Waals surface area (Å²) in [5.41, 5.74) is 8.65. The highest BCUT2D eigenvalue weighted by Gasteiger charge is 2.27. The molecule has 1 aliphatic heterocycles. The van der Waals surface area contributed by atoms with Crippen LogP contribution in [0.15, 0.2) is 24.3 Å². The maximum atomic E-state index is 11.7. The van der Waals surface area contributed by atoms with Crippen LogP contribution in [-0.4, -0.2) is 36.5 Å². The van der Waals surface area contributed by atoms with E-state index < -0.39 is 0 Å². The Kier molecular flexibility index (Phi) is 4.56. The summed E-state index contributed by atoms with van der Waals surface area (Å²) < 4.78 is 0. The van der Waals surface area contributed by atoms with Gasteiger partial charge in [0.05, 0.1) is 12.6 Å².